The van der Waals surface area contributed by atoms with Gasteiger partial charge in [0.25, 0.3) is 0 Å². The Balaban J connectivity index is 1.99. The van der Waals surface area contributed by atoms with Gasteiger partial charge in [-0.05, 0) is 37.2 Å². The van der Waals surface area contributed by atoms with Crippen molar-refractivity contribution in [2.75, 3.05) is 18.1 Å². The number of thioether (sulfide) groups is 1. The van der Waals surface area contributed by atoms with Crippen molar-refractivity contribution in [1.82, 2.24) is 0 Å². The van der Waals surface area contributed by atoms with Crippen LogP contribution in [0, 0.1) is 0 Å². The van der Waals surface area contributed by atoms with E-state index in [0.717, 1.165) is 32.3 Å². The van der Waals surface area contributed by atoms with E-state index in [4.69, 9.17) is 4.74 Å². The van der Waals surface area contributed by atoms with Crippen LogP contribution in [0.1, 0.15) is 32.1 Å². The summed E-state index contributed by atoms with van der Waals surface area (Å²) in [7, 11) is 0. The predicted octanol–water partition coefficient (Wildman–Crippen LogP) is 1.81. The minimum absolute atomic E-state index is 0.0428. The summed E-state index contributed by atoms with van der Waals surface area (Å²) in [5.74, 6) is 2.47. The van der Waals surface area contributed by atoms with Crippen LogP contribution in [-0.4, -0.2) is 34.9 Å². The van der Waals surface area contributed by atoms with E-state index in [1.807, 2.05) is 11.8 Å². The molecule has 0 aromatic heterocycles. The Labute approximate surface area is 84.0 Å². The summed E-state index contributed by atoms with van der Waals surface area (Å²) in [6.45, 7) is 0.756. The van der Waals surface area contributed by atoms with Crippen LogP contribution < -0.4 is 0 Å². The zero-order valence-electron chi connectivity index (χ0n) is 8.00. The van der Waals surface area contributed by atoms with Crippen molar-refractivity contribution in [3.63, 3.8) is 0 Å². The zero-order chi connectivity index (χ0) is 9.15. The smallest absolute Gasteiger partial charge is 0.0715 e. The van der Waals surface area contributed by atoms with Crippen LogP contribution in [0.5, 0.6) is 0 Å². The van der Waals surface area contributed by atoms with E-state index >= 15 is 0 Å². The highest BCUT2D eigenvalue weighted by molar-refractivity contribution is 7.99. The van der Waals surface area contributed by atoms with Crippen LogP contribution in [0.3, 0.4) is 0 Å². The third-order valence-corrected chi connectivity index (χ3v) is 4.16. The second-order valence-electron chi connectivity index (χ2n) is 4.14. The molecular formula is C10H18O2S. The number of ether oxygens (including phenoxy) is 1. The van der Waals surface area contributed by atoms with E-state index in [2.05, 4.69) is 0 Å². The fourth-order valence-electron chi connectivity index (χ4n) is 2.33. The van der Waals surface area contributed by atoms with E-state index in [1.165, 1.54) is 17.9 Å². The standard InChI is InChI=1S/C10H18O2S/c11-9-2-5-12-10(8-9)3-1-6-13-7-4-10/h9,11H,1-8H2. The van der Waals surface area contributed by atoms with Crippen molar-refractivity contribution < 1.29 is 9.84 Å². The van der Waals surface area contributed by atoms with E-state index < -0.39 is 0 Å². The van der Waals surface area contributed by atoms with Crippen LogP contribution in [0.2, 0.25) is 0 Å². The maximum atomic E-state index is 9.63. The molecule has 2 nitrogen and oxygen atoms in total. The molecule has 2 unspecified atom stereocenters. The summed E-state index contributed by atoms with van der Waals surface area (Å²) in [6, 6.07) is 0. The first-order valence-corrected chi connectivity index (χ1v) is 6.36. The number of hydrogen-bond acceptors (Lipinski definition) is 3. The van der Waals surface area contributed by atoms with Crippen molar-refractivity contribution >= 4 is 11.8 Å². The largest absolute Gasteiger partial charge is 0.393 e. The topological polar surface area (TPSA) is 29.5 Å². The molecule has 2 aliphatic rings. The molecule has 2 heterocycles. The molecule has 76 valence electrons. The lowest BCUT2D eigenvalue weighted by atomic mass is 9.86. The number of aliphatic hydroxyl groups is 1. The van der Waals surface area contributed by atoms with Crippen molar-refractivity contribution in [2.24, 2.45) is 0 Å². The minimum atomic E-state index is -0.114. The first-order valence-electron chi connectivity index (χ1n) is 5.21. The van der Waals surface area contributed by atoms with Crippen molar-refractivity contribution in [1.29, 1.82) is 0 Å². The lowest BCUT2D eigenvalue weighted by molar-refractivity contribution is -0.122. The third-order valence-electron chi connectivity index (χ3n) is 3.09. The molecule has 0 aliphatic carbocycles. The van der Waals surface area contributed by atoms with Gasteiger partial charge in [-0.3, -0.25) is 0 Å². The average molecular weight is 202 g/mol. The summed E-state index contributed by atoms with van der Waals surface area (Å²) >= 11 is 2.02. The Morgan fingerprint density at radius 1 is 1.31 bits per heavy atom. The summed E-state index contributed by atoms with van der Waals surface area (Å²) in [5, 5.41) is 9.63. The number of rotatable bonds is 0. The maximum absolute atomic E-state index is 9.63. The van der Waals surface area contributed by atoms with Gasteiger partial charge in [0.2, 0.25) is 0 Å². The van der Waals surface area contributed by atoms with Gasteiger partial charge >= 0.3 is 0 Å². The van der Waals surface area contributed by atoms with Crippen LogP contribution in [0.15, 0.2) is 0 Å². The maximum Gasteiger partial charge on any atom is 0.0715 e. The second kappa shape index (κ2) is 4.20. The molecular weight excluding hydrogens is 184 g/mol. The van der Waals surface area contributed by atoms with E-state index in [0.29, 0.717) is 0 Å². The average Bonchev–Trinajstić information content (AvgIpc) is 2.31. The van der Waals surface area contributed by atoms with Gasteiger partial charge < -0.3 is 9.84 Å². The minimum Gasteiger partial charge on any atom is -0.393 e. The molecule has 2 rings (SSSR count). The Bertz CT molecular complexity index is 164. The fraction of sp³-hybridized carbons (Fsp3) is 1.00. The Kier molecular flexibility index (Phi) is 3.17. The normalized spacial score (nSPS) is 41.8. The van der Waals surface area contributed by atoms with Gasteiger partial charge in [-0.2, -0.15) is 11.8 Å². The molecule has 2 atom stereocenters. The van der Waals surface area contributed by atoms with Gasteiger partial charge in [-0.25, -0.2) is 0 Å². The highest BCUT2D eigenvalue weighted by Gasteiger charge is 2.37. The van der Waals surface area contributed by atoms with E-state index in [9.17, 15) is 5.11 Å². The van der Waals surface area contributed by atoms with E-state index in [1.54, 1.807) is 0 Å². The molecule has 1 N–H and O–H groups in total. The molecule has 2 saturated heterocycles. The summed E-state index contributed by atoms with van der Waals surface area (Å²) < 4.78 is 5.88. The van der Waals surface area contributed by atoms with Crippen molar-refractivity contribution in [2.45, 2.75) is 43.8 Å². The molecule has 0 aromatic rings. The third kappa shape index (κ3) is 2.39. The van der Waals surface area contributed by atoms with Crippen LogP contribution in [0.4, 0.5) is 0 Å². The van der Waals surface area contributed by atoms with Crippen molar-refractivity contribution in [3.8, 4) is 0 Å². The molecule has 0 aromatic carbocycles. The Hall–Kier alpha value is 0.270. The first kappa shape index (κ1) is 9.81. The van der Waals surface area contributed by atoms with E-state index in [-0.39, 0.29) is 11.7 Å². The molecule has 2 aliphatic heterocycles. The van der Waals surface area contributed by atoms with Gasteiger partial charge in [-0.15, -0.1) is 0 Å². The SMILES string of the molecule is OC1CCOC2(CCCSCC2)C1. The Morgan fingerprint density at radius 2 is 2.23 bits per heavy atom. The summed E-state index contributed by atoms with van der Waals surface area (Å²) in [4.78, 5) is 0. The van der Waals surface area contributed by atoms with Gasteiger partial charge in [0.15, 0.2) is 0 Å². The molecule has 13 heavy (non-hydrogen) atoms. The van der Waals surface area contributed by atoms with Gasteiger partial charge in [-0.1, -0.05) is 0 Å². The quantitative estimate of drug-likeness (QED) is 0.649. The van der Waals surface area contributed by atoms with Crippen LogP contribution in [-0.2, 0) is 4.74 Å². The fourth-order valence-corrected chi connectivity index (χ4v) is 3.40. The van der Waals surface area contributed by atoms with Crippen molar-refractivity contribution in [3.05, 3.63) is 0 Å². The summed E-state index contributed by atoms with van der Waals surface area (Å²) in [6.07, 6.45) is 5.11. The second-order valence-corrected chi connectivity index (χ2v) is 5.37. The Morgan fingerprint density at radius 3 is 3.08 bits per heavy atom. The molecule has 1 spiro atoms. The van der Waals surface area contributed by atoms with Gasteiger partial charge in [0.1, 0.15) is 0 Å². The molecule has 0 saturated carbocycles. The molecule has 0 amide bonds. The lowest BCUT2D eigenvalue weighted by Gasteiger charge is -2.38. The monoisotopic (exact) mass is 202 g/mol. The highest BCUT2D eigenvalue weighted by Crippen LogP contribution is 2.36. The summed E-state index contributed by atoms with van der Waals surface area (Å²) in [5.41, 5.74) is 0.0428. The molecule has 2 fully saturated rings. The van der Waals surface area contributed by atoms with Gasteiger partial charge in [0.05, 0.1) is 11.7 Å². The lowest BCUT2D eigenvalue weighted by Crippen LogP contribution is -2.42. The zero-order valence-corrected chi connectivity index (χ0v) is 8.81. The van der Waals surface area contributed by atoms with Crippen LogP contribution >= 0.6 is 11.8 Å². The van der Waals surface area contributed by atoms with Crippen LogP contribution in [0.25, 0.3) is 0 Å². The molecule has 0 bridgehead atoms. The first-order chi connectivity index (χ1) is 6.31. The number of hydrogen-bond donors (Lipinski definition) is 1. The highest BCUT2D eigenvalue weighted by atomic mass is 32.2. The molecule has 3 heteroatoms. The predicted molar refractivity (Wildman–Crippen MR) is 55.1 cm³/mol. The van der Waals surface area contributed by atoms with Gasteiger partial charge in [0, 0.05) is 13.0 Å². The molecule has 0 radical (unpaired) electrons. The number of aliphatic hydroxyl groups excluding tert-OH is 1.